The Morgan fingerprint density at radius 1 is 1.05 bits per heavy atom. The van der Waals surface area contributed by atoms with Crippen LogP contribution >= 0.6 is 0 Å². The van der Waals surface area contributed by atoms with E-state index < -0.39 is 15.5 Å². The Morgan fingerprint density at radius 3 is 2.27 bits per heavy atom. The van der Waals surface area contributed by atoms with Crippen LogP contribution in [-0.4, -0.2) is 28.1 Å². The van der Waals surface area contributed by atoms with Crippen LogP contribution in [0, 0.1) is 20.2 Å². The summed E-state index contributed by atoms with van der Waals surface area (Å²) >= 11 is 0. The van der Waals surface area contributed by atoms with Crippen LogP contribution in [0.4, 0.5) is 17.1 Å². The Kier molecular flexibility index (Phi) is 4.64. The molecular formula is C14H13N3O5. The molecule has 2 aromatic carbocycles. The standard InChI is InChI=1S/C14H13N3O5/c18-7-6-15-14-12(10-4-2-1-3-5-10)8-11(16(19)20)9-13(14)17(21)22/h1-5,8-9,15,18H,6-7H2. The summed E-state index contributed by atoms with van der Waals surface area (Å²) in [6.07, 6.45) is 0. The smallest absolute Gasteiger partial charge is 0.299 e. The van der Waals surface area contributed by atoms with Gasteiger partial charge in [-0.15, -0.1) is 0 Å². The molecule has 0 amide bonds. The zero-order valence-electron chi connectivity index (χ0n) is 11.4. The largest absolute Gasteiger partial charge is 0.395 e. The summed E-state index contributed by atoms with van der Waals surface area (Å²) in [4.78, 5) is 20.9. The molecule has 0 spiro atoms. The van der Waals surface area contributed by atoms with E-state index in [0.29, 0.717) is 11.1 Å². The third-order valence-corrected chi connectivity index (χ3v) is 3.01. The van der Waals surface area contributed by atoms with Crippen molar-refractivity contribution < 1.29 is 15.0 Å². The molecule has 114 valence electrons. The minimum Gasteiger partial charge on any atom is -0.395 e. The van der Waals surface area contributed by atoms with Gasteiger partial charge in [0.15, 0.2) is 0 Å². The van der Waals surface area contributed by atoms with Crippen molar-refractivity contribution in [1.29, 1.82) is 0 Å². The van der Waals surface area contributed by atoms with Crippen LogP contribution < -0.4 is 5.32 Å². The first-order valence-corrected chi connectivity index (χ1v) is 6.41. The highest BCUT2D eigenvalue weighted by Crippen LogP contribution is 2.39. The maximum Gasteiger partial charge on any atom is 0.299 e. The molecule has 2 N–H and O–H groups in total. The molecule has 0 aliphatic heterocycles. The lowest BCUT2D eigenvalue weighted by Gasteiger charge is -2.12. The van der Waals surface area contributed by atoms with Crippen molar-refractivity contribution in [3.05, 3.63) is 62.7 Å². The van der Waals surface area contributed by atoms with E-state index in [1.165, 1.54) is 6.07 Å². The molecule has 0 heterocycles. The average Bonchev–Trinajstić information content (AvgIpc) is 2.52. The molecule has 22 heavy (non-hydrogen) atoms. The van der Waals surface area contributed by atoms with Crippen LogP contribution in [0.5, 0.6) is 0 Å². The Morgan fingerprint density at radius 2 is 1.73 bits per heavy atom. The topological polar surface area (TPSA) is 119 Å². The Bertz CT molecular complexity index is 703. The fourth-order valence-electron chi connectivity index (χ4n) is 2.07. The second-order valence-electron chi connectivity index (χ2n) is 4.42. The number of hydrogen-bond acceptors (Lipinski definition) is 6. The van der Waals surface area contributed by atoms with Gasteiger partial charge in [-0.3, -0.25) is 20.2 Å². The lowest BCUT2D eigenvalue weighted by molar-refractivity contribution is -0.393. The van der Waals surface area contributed by atoms with Gasteiger partial charge in [0.05, 0.1) is 22.5 Å². The predicted octanol–water partition coefficient (Wildman–Crippen LogP) is 2.57. The highest BCUT2D eigenvalue weighted by Gasteiger charge is 2.24. The van der Waals surface area contributed by atoms with Crippen LogP contribution in [0.1, 0.15) is 0 Å². The van der Waals surface area contributed by atoms with Crippen molar-refractivity contribution in [3.8, 4) is 11.1 Å². The summed E-state index contributed by atoms with van der Waals surface area (Å²) in [6.45, 7) is -0.124. The number of aliphatic hydroxyl groups excluding tert-OH is 1. The fraction of sp³-hybridized carbons (Fsp3) is 0.143. The highest BCUT2D eigenvalue weighted by molar-refractivity contribution is 5.86. The molecule has 0 bridgehead atoms. The number of nitro benzene ring substituents is 2. The number of nitro groups is 2. The summed E-state index contributed by atoms with van der Waals surface area (Å²) in [5.41, 5.74) is 0.335. The van der Waals surface area contributed by atoms with Gasteiger partial charge in [0.1, 0.15) is 5.69 Å². The number of benzene rings is 2. The first-order chi connectivity index (χ1) is 10.5. The van der Waals surface area contributed by atoms with Gasteiger partial charge >= 0.3 is 0 Å². The van der Waals surface area contributed by atoms with E-state index in [2.05, 4.69) is 5.32 Å². The third-order valence-electron chi connectivity index (χ3n) is 3.01. The van der Waals surface area contributed by atoms with Crippen LogP contribution in [0.3, 0.4) is 0 Å². The van der Waals surface area contributed by atoms with E-state index in [0.717, 1.165) is 6.07 Å². The molecule has 0 unspecified atom stereocenters. The second kappa shape index (κ2) is 6.64. The average molecular weight is 303 g/mol. The van der Waals surface area contributed by atoms with Crippen LogP contribution in [-0.2, 0) is 0 Å². The second-order valence-corrected chi connectivity index (χ2v) is 4.42. The molecule has 8 nitrogen and oxygen atoms in total. The summed E-state index contributed by atoms with van der Waals surface area (Å²) in [5.74, 6) is 0. The molecule has 0 aromatic heterocycles. The van der Waals surface area contributed by atoms with Crippen molar-refractivity contribution in [2.75, 3.05) is 18.5 Å². The minimum atomic E-state index is -0.681. The quantitative estimate of drug-likeness (QED) is 0.625. The molecule has 0 saturated heterocycles. The van der Waals surface area contributed by atoms with Crippen molar-refractivity contribution in [3.63, 3.8) is 0 Å². The molecule has 2 rings (SSSR count). The van der Waals surface area contributed by atoms with Gasteiger partial charge in [0, 0.05) is 18.2 Å². The molecule has 0 atom stereocenters. The first-order valence-electron chi connectivity index (χ1n) is 6.41. The van der Waals surface area contributed by atoms with Crippen molar-refractivity contribution in [1.82, 2.24) is 0 Å². The van der Waals surface area contributed by atoms with Gasteiger partial charge in [-0.25, -0.2) is 0 Å². The number of anilines is 1. The zero-order valence-corrected chi connectivity index (χ0v) is 11.4. The Hall–Kier alpha value is -3.00. The molecule has 8 heteroatoms. The summed E-state index contributed by atoms with van der Waals surface area (Å²) in [6, 6.07) is 10.8. The summed E-state index contributed by atoms with van der Waals surface area (Å²) in [7, 11) is 0. The highest BCUT2D eigenvalue weighted by atomic mass is 16.6. The SMILES string of the molecule is O=[N+]([O-])c1cc(-c2ccccc2)c(NCCO)c([N+](=O)[O-])c1. The molecular weight excluding hydrogens is 290 g/mol. The molecule has 0 aliphatic carbocycles. The lowest BCUT2D eigenvalue weighted by Crippen LogP contribution is -2.09. The zero-order chi connectivity index (χ0) is 16.1. The first kappa shape index (κ1) is 15.4. The van der Waals surface area contributed by atoms with Crippen LogP contribution in [0.25, 0.3) is 11.1 Å². The Labute approximate surface area is 125 Å². The van der Waals surface area contributed by atoms with Gasteiger partial charge in [-0.1, -0.05) is 30.3 Å². The summed E-state index contributed by atoms with van der Waals surface area (Å²) < 4.78 is 0. The van der Waals surface area contributed by atoms with Crippen molar-refractivity contribution in [2.24, 2.45) is 0 Å². The van der Waals surface area contributed by atoms with Gasteiger partial charge in [-0.2, -0.15) is 0 Å². The van der Waals surface area contributed by atoms with Gasteiger partial charge < -0.3 is 10.4 Å². The van der Waals surface area contributed by atoms with E-state index in [-0.39, 0.29) is 24.5 Å². The van der Waals surface area contributed by atoms with E-state index in [4.69, 9.17) is 5.11 Å². The maximum atomic E-state index is 11.2. The Balaban J connectivity index is 2.70. The van der Waals surface area contributed by atoms with E-state index in [9.17, 15) is 20.2 Å². The molecule has 0 fully saturated rings. The van der Waals surface area contributed by atoms with Gasteiger partial charge in [0.2, 0.25) is 0 Å². The van der Waals surface area contributed by atoms with Crippen LogP contribution in [0.2, 0.25) is 0 Å². The number of hydrogen-bond donors (Lipinski definition) is 2. The lowest BCUT2D eigenvalue weighted by atomic mass is 10.0. The molecule has 0 radical (unpaired) electrons. The number of aliphatic hydroxyl groups is 1. The number of non-ortho nitro benzene ring substituents is 1. The number of nitrogens with zero attached hydrogens (tertiary/aromatic N) is 2. The van der Waals surface area contributed by atoms with E-state index in [1.807, 2.05) is 0 Å². The number of nitrogens with one attached hydrogen (secondary N) is 1. The normalized spacial score (nSPS) is 10.2. The van der Waals surface area contributed by atoms with Crippen LogP contribution in [0.15, 0.2) is 42.5 Å². The number of rotatable bonds is 6. The molecule has 0 saturated carbocycles. The molecule has 0 aliphatic rings. The van der Waals surface area contributed by atoms with E-state index >= 15 is 0 Å². The summed E-state index contributed by atoms with van der Waals surface area (Å²) in [5, 5.41) is 33.9. The fourth-order valence-corrected chi connectivity index (χ4v) is 2.07. The monoisotopic (exact) mass is 303 g/mol. The van der Waals surface area contributed by atoms with Crippen molar-refractivity contribution in [2.45, 2.75) is 0 Å². The van der Waals surface area contributed by atoms with Crippen molar-refractivity contribution >= 4 is 17.1 Å². The third kappa shape index (κ3) is 3.18. The predicted molar refractivity (Wildman–Crippen MR) is 80.8 cm³/mol. The molecule has 2 aromatic rings. The van der Waals surface area contributed by atoms with Gasteiger partial charge in [-0.05, 0) is 5.56 Å². The maximum absolute atomic E-state index is 11.2. The van der Waals surface area contributed by atoms with E-state index in [1.54, 1.807) is 30.3 Å². The van der Waals surface area contributed by atoms with Gasteiger partial charge in [0.25, 0.3) is 11.4 Å². The minimum absolute atomic E-state index is 0.0957.